The van der Waals surface area contributed by atoms with Gasteiger partial charge in [-0.25, -0.2) is 13.6 Å². The lowest BCUT2D eigenvalue weighted by Crippen LogP contribution is -2.26. The molecule has 0 aromatic rings. The molecule has 0 aliphatic heterocycles. The summed E-state index contributed by atoms with van der Waals surface area (Å²) in [4.78, 5) is 0. The van der Waals surface area contributed by atoms with Gasteiger partial charge in [-0.15, -0.1) is 0 Å². The molecule has 0 rings (SSSR count). The first-order valence-electron chi connectivity index (χ1n) is 5.97. The molecule has 0 aliphatic rings. The second-order valence-corrected chi connectivity index (χ2v) is 6.19. The normalized spacial score (nSPS) is 16.0. The zero-order valence-corrected chi connectivity index (χ0v) is 11.4. The van der Waals surface area contributed by atoms with Crippen molar-refractivity contribution in [1.82, 2.24) is 0 Å². The van der Waals surface area contributed by atoms with Gasteiger partial charge in [0.15, 0.2) is 0 Å². The average Bonchev–Trinajstić information content (AvgIpc) is 2.14. The average molecular weight is 251 g/mol. The van der Waals surface area contributed by atoms with Crippen molar-refractivity contribution in [2.75, 3.05) is 19.0 Å². The Kier molecular flexibility index (Phi) is 7.97. The van der Waals surface area contributed by atoms with E-state index in [1.165, 1.54) is 0 Å². The van der Waals surface area contributed by atoms with E-state index in [-0.39, 0.29) is 11.7 Å². The van der Waals surface area contributed by atoms with Crippen LogP contribution in [0.4, 0.5) is 0 Å². The maximum Gasteiger partial charge on any atom is 0.209 e. The Morgan fingerprint density at radius 2 is 1.88 bits per heavy atom. The van der Waals surface area contributed by atoms with Gasteiger partial charge in [-0.3, -0.25) is 0 Å². The van der Waals surface area contributed by atoms with Crippen molar-refractivity contribution in [3.05, 3.63) is 0 Å². The van der Waals surface area contributed by atoms with E-state index in [2.05, 4.69) is 13.8 Å². The number of sulfonamides is 1. The van der Waals surface area contributed by atoms with Crippen LogP contribution in [0.25, 0.3) is 0 Å². The molecule has 16 heavy (non-hydrogen) atoms. The predicted octanol–water partition coefficient (Wildman–Crippen LogP) is 1.75. The molecule has 5 heteroatoms. The van der Waals surface area contributed by atoms with Crippen LogP contribution in [0.5, 0.6) is 0 Å². The second kappa shape index (κ2) is 8.03. The van der Waals surface area contributed by atoms with Gasteiger partial charge in [0.2, 0.25) is 10.0 Å². The third-order valence-electron chi connectivity index (χ3n) is 2.58. The van der Waals surface area contributed by atoms with Crippen LogP contribution in [0.2, 0.25) is 0 Å². The largest absolute Gasteiger partial charge is 0.381 e. The lowest BCUT2D eigenvalue weighted by molar-refractivity contribution is 0.0772. The summed E-state index contributed by atoms with van der Waals surface area (Å²) < 4.78 is 27.4. The second-order valence-electron chi connectivity index (χ2n) is 4.54. The molecule has 0 saturated carbocycles. The molecule has 98 valence electrons. The van der Waals surface area contributed by atoms with Crippen LogP contribution in [0, 0.1) is 11.8 Å². The highest BCUT2D eigenvalue weighted by Gasteiger charge is 2.14. The van der Waals surface area contributed by atoms with Crippen molar-refractivity contribution in [3.8, 4) is 0 Å². The number of hydrogen-bond donors (Lipinski definition) is 1. The number of primary sulfonamides is 1. The van der Waals surface area contributed by atoms with Crippen molar-refractivity contribution < 1.29 is 13.2 Å². The quantitative estimate of drug-likeness (QED) is 0.679. The van der Waals surface area contributed by atoms with Crippen molar-refractivity contribution in [3.63, 3.8) is 0 Å². The van der Waals surface area contributed by atoms with E-state index in [0.29, 0.717) is 19.1 Å². The molecule has 0 aromatic carbocycles. The molecule has 2 N–H and O–H groups in total. The fourth-order valence-electron chi connectivity index (χ4n) is 1.62. The maximum absolute atomic E-state index is 10.9. The van der Waals surface area contributed by atoms with Crippen LogP contribution in [0.15, 0.2) is 0 Å². The van der Waals surface area contributed by atoms with Gasteiger partial charge in [-0.2, -0.15) is 0 Å². The maximum atomic E-state index is 10.9. The topological polar surface area (TPSA) is 69.4 Å². The lowest BCUT2D eigenvalue weighted by atomic mass is 10.1. The number of nitrogens with two attached hydrogens (primary N) is 1. The van der Waals surface area contributed by atoms with Gasteiger partial charge >= 0.3 is 0 Å². The summed E-state index contributed by atoms with van der Waals surface area (Å²) in [5, 5.41) is 5.01. The molecule has 0 heterocycles. The summed E-state index contributed by atoms with van der Waals surface area (Å²) in [5.74, 6) is 0.576. The molecule has 0 bridgehead atoms. The van der Waals surface area contributed by atoms with E-state index in [9.17, 15) is 8.42 Å². The minimum absolute atomic E-state index is 0.0174. The van der Waals surface area contributed by atoms with Crippen molar-refractivity contribution in [1.29, 1.82) is 0 Å². The van der Waals surface area contributed by atoms with Gasteiger partial charge in [0, 0.05) is 6.61 Å². The fraction of sp³-hybridized carbons (Fsp3) is 1.00. The molecule has 0 spiro atoms. The zero-order chi connectivity index (χ0) is 12.6. The van der Waals surface area contributed by atoms with Crippen LogP contribution < -0.4 is 5.14 Å². The molecule has 0 saturated heterocycles. The van der Waals surface area contributed by atoms with Gasteiger partial charge in [-0.1, -0.05) is 33.6 Å². The predicted molar refractivity (Wildman–Crippen MR) is 66.6 cm³/mol. The van der Waals surface area contributed by atoms with Gasteiger partial charge in [0.05, 0.1) is 12.4 Å². The molecule has 0 amide bonds. The van der Waals surface area contributed by atoms with E-state index >= 15 is 0 Å². The van der Waals surface area contributed by atoms with Gasteiger partial charge in [0.1, 0.15) is 0 Å². The van der Waals surface area contributed by atoms with Crippen LogP contribution in [-0.2, 0) is 14.8 Å². The molecule has 0 radical (unpaired) electrons. The Bertz CT molecular complexity index is 264. The van der Waals surface area contributed by atoms with Gasteiger partial charge in [-0.05, 0) is 18.3 Å². The highest BCUT2D eigenvalue weighted by molar-refractivity contribution is 7.89. The Morgan fingerprint density at radius 3 is 2.31 bits per heavy atom. The first kappa shape index (κ1) is 15.9. The number of ether oxygens (including phenoxy) is 1. The van der Waals surface area contributed by atoms with Crippen molar-refractivity contribution >= 4 is 10.0 Å². The van der Waals surface area contributed by atoms with Crippen LogP contribution in [0.1, 0.15) is 40.0 Å². The Balaban J connectivity index is 3.79. The van der Waals surface area contributed by atoms with E-state index in [4.69, 9.17) is 9.88 Å². The molecule has 0 aromatic heterocycles. The monoisotopic (exact) mass is 251 g/mol. The molecular weight excluding hydrogens is 226 g/mol. The summed E-state index contributed by atoms with van der Waals surface area (Å²) in [6.07, 6.45) is 3.07. The van der Waals surface area contributed by atoms with E-state index in [0.717, 1.165) is 19.3 Å². The van der Waals surface area contributed by atoms with E-state index in [1.807, 2.05) is 6.92 Å². The molecule has 4 nitrogen and oxygen atoms in total. The number of rotatable bonds is 9. The highest BCUT2D eigenvalue weighted by atomic mass is 32.2. The zero-order valence-electron chi connectivity index (χ0n) is 10.6. The first-order chi connectivity index (χ1) is 7.39. The first-order valence-corrected chi connectivity index (χ1v) is 7.68. The van der Waals surface area contributed by atoms with Crippen LogP contribution in [-0.4, -0.2) is 27.4 Å². The smallest absolute Gasteiger partial charge is 0.209 e. The van der Waals surface area contributed by atoms with Crippen LogP contribution in [0.3, 0.4) is 0 Å². The van der Waals surface area contributed by atoms with Crippen LogP contribution >= 0.6 is 0 Å². The Labute approximate surface area is 99.6 Å². The number of hydrogen-bond acceptors (Lipinski definition) is 3. The van der Waals surface area contributed by atoms with E-state index < -0.39 is 10.0 Å². The standard InChI is InChI=1S/C11H25NO3S/c1-4-6-10(3)7-15-8-11(5-2)9-16(12,13)14/h10-11H,4-9H2,1-3H3,(H2,12,13,14). The minimum Gasteiger partial charge on any atom is -0.381 e. The minimum atomic E-state index is -3.38. The third-order valence-corrected chi connectivity index (χ3v) is 3.52. The molecule has 2 atom stereocenters. The lowest BCUT2D eigenvalue weighted by Gasteiger charge is -2.16. The summed E-state index contributed by atoms with van der Waals surface area (Å²) in [6, 6.07) is 0. The third kappa shape index (κ3) is 9.12. The molecular formula is C11H25NO3S. The summed E-state index contributed by atoms with van der Waals surface area (Å²) in [7, 11) is -3.38. The fourth-order valence-corrected chi connectivity index (χ4v) is 2.61. The molecule has 2 unspecified atom stereocenters. The van der Waals surface area contributed by atoms with E-state index in [1.54, 1.807) is 0 Å². The summed E-state index contributed by atoms with van der Waals surface area (Å²) in [6.45, 7) is 7.43. The Hall–Kier alpha value is -0.130. The Morgan fingerprint density at radius 1 is 1.25 bits per heavy atom. The van der Waals surface area contributed by atoms with Gasteiger partial charge < -0.3 is 4.74 Å². The highest BCUT2D eigenvalue weighted by Crippen LogP contribution is 2.09. The van der Waals surface area contributed by atoms with Crippen molar-refractivity contribution in [2.45, 2.75) is 40.0 Å². The summed E-state index contributed by atoms with van der Waals surface area (Å²) >= 11 is 0. The van der Waals surface area contributed by atoms with Crippen molar-refractivity contribution in [2.24, 2.45) is 17.0 Å². The van der Waals surface area contributed by atoms with Gasteiger partial charge in [0.25, 0.3) is 0 Å². The summed E-state index contributed by atoms with van der Waals surface area (Å²) in [5.41, 5.74) is 0. The molecule has 0 aliphatic carbocycles. The SMILES string of the molecule is CCCC(C)COCC(CC)CS(N)(=O)=O. The molecule has 0 fully saturated rings.